The minimum Gasteiger partial charge on any atom is -0.480 e. The number of aromatic amines is 1. The van der Waals surface area contributed by atoms with E-state index < -0.39 is 11.9 Å². The molecule has 1 rings (SSSR count). The summed E-state index contributed by atoms with van der Waals surface area (Å²) in [4.78, 5) is 30.4. The molecule has 0 spiro atoms. The van der Waals surface area contributed by atoms with Crippen LogP contribution in [0.5, 0.6) is 0 Å². The Labute approximate surface area is 98.4 Å². The van der Waals surface area contributed by atoms with Gasteiger partial charge in [-0.1, -0.05) is 0 Å². The number of hydrogen-bond donors (Lipinski definition) is 2. The standard InChI is InChI=1S/C10H15N3O4/c1-7-5-11-9(12-7)10(16)13(3-4-17-2)6-8(14)15/h5H,3-4,6H2,1-2H3,(H,11,12)(H,14,15). The van der Waals surface area contributed by atoms with Gasteiger partial charge in [0, 0.05) is 25.5 Å². The van der Waals surface area contributed by atoms with Gasteiger partial charge in [0.25, 0.3) is 5.91 Å². The Hall–Kier alpha value is -1.89. The van der Waals surface area contributed by atoms with Crippen LogP contribution < -0.4 is 0 Å². The topological polar surface area (TPSA) is 95.5 Å². The first kappa shape index (κ1) is 13.2. The van der Waals surface area contributed by atoms with E-state index in [0.29, 0.717) is 0 Å². The molecule has 0 aromatic carbocycles. The third-order valence-electron chi connectivity index (χ3n) is 2.08. The number of methoxy groups -OCH3 is 1. The third-order valence-corrected chi connectivity index (χ3v) is 2.08. The Morgan fingerprint density at radius 2 is 2.29 bits per heavy atom. The average molecular weight is 241 g/mol. The fourth-order valence-corrected chi connectivity index (χ4v) is 1.29. The van der Waals surface area contributed by atoms with Gasteiger partial charge in [-0.15, -0.1) is 0 Å². The van der Waals surface area contributed by atoms with Gasteiger partial charge in [0.05, 0.1) is 6.61 Å². The zero-order valence-electron chi connectivity index (χ0n) is 9.77. The lowest BCUT2D eigenvalue weighted by Gasteiger charge is -2.18. The maximum atomic E-state index is 11.9. The van der Waals surface area contributed by atoms with Crippen LogP contribution in [0.15, 0.2) is 6.20 Å². The molecule has 1 aromatic rings. The molecule has 7 heteroatoms. The maximum Gasteiger partial charge on any atom is 0.323 e. The van der Waals surface area contributed by atoms with E-state index in [2.05, 4.69) is 9.97 Å². The van der Waals surface area contributed by atoms with Gasteiger partial charge in [0.1, 0.15) is 6.54 Å². The normalized spacial score (nSPS) is 10.2. The molecule has 0 aliphatic carbocycles. The lowest BCUT2D eigenvalue weighted by Crippen LogP contribution is -2.38. The molecule has 0 aliphatic rings. The molecule has 0 saturated heterocycles. The predicted molar refractivity (Wildman–Crippen MR) is 58.7 cm³/mol. The smallest absolute Gasteiger partial charge is 0.323 e. The molecule has 0 bridgehead atoms. The summed E-state index contributed by atoms with van der Waals surface area (Å²) in [6.45, 7) is 1.88. The monoisotopic (exact) mass is 241 g/mol. The summed E-state index contributed by atoms with van der Waals surface area (Å²) >= 11 is 0. The van der Waals surface area contributed by atoms with Crippen LogP contribution in [0.3, 0.4) is 0 Å². The number of aliphatic carboxylic acids is 1. The van der Waals surface area contributed by atoms with E-state index in [0.717, 1.165) is 5.69 Å². The number of ether oxygens (including phenoxy) is 1. The van der Waals surface area contributed by atoms with Crippen molar-refractivity contribution in [2.75, 3.05) is 26.8 Å². The lowest BCUT2D eigenvalue weighted by atomic mass is 10.4. The number of aryl methyl sites for hydroxylation is 1. The van der Waals surface area contributed by atoms with Gasteiger partial charge in [-0.05, 0) is 6.92 Å². The summed E-state index contributed by atoms with van der Waals surface area (Å²) in [6, 6.07) is 0. The van der Waals surface area contributed by atoms with Gasteiger partial charge >= 0.3 is 5.97 Å². The minimum atomic E-state index is -1.07. The first-order valence-electron chi connectivity index (χ1n) is 5.06. The van der Waals surface area contributed by atoms with Gasteiger partial charge in [-0.25, -0.2) is 4.98 Å². The van der Waals surface area contributed by atoms with E-state index in [1.165, 1.54) is 18.2 Å². The van der Waals surface area contributed by atoms with Crippen molar-refractivity contribution in [1.29, 1.82) is 0 Å². The van der Waals surface area contributed by atoms with E-state index in [4.69, 9.17) is 9.84 Å². The molecule has 1 aromatic heterocycles. The molecule has 0 aliphatic heterocycles. The van der Waals surface area contributed by atoms with Crippen LogP contribution in [0.2, 0.25) is 0 Å². The van der Waals surface area contributed by atoms with E-state index in [9.17, 15) is 9.59 Å². The predicted octanol–water partition coefficient (Wildman–Crippen LogP) is -0.109. The molecule has 2 N–H and O–H groups in total. The average Bonchev–Trinajstić information content (AvgIpc) is 2.69. The summed E-state index contributed by atoms with van der Waals surface area (Å²) in [6.07, 6.45) is 1.52. The SMILES string of the molecule is COCCN(CC(=O)O)C(=O)c1ncc(C)[nH]1. The number of carbonyl (C=O) groups excluding carboxylic acids is 1. The summed E-state index contributed by atoms with van der Waals surface area (Å²) in [5.74, 6) is -1.38. The number of nitrogens with one attached hydrogen (secondary N) is 1. The second-order valence-corrected chi connectivity index (χ2v) is 3.53. The summed E-state index contributed by atoms with van der Waals surface area (Å²) in [7, 11) is 1.49. The molecule has 1 heterocycles. The van der Waals surface area contributed by atoms with Gasteiger partial charge in [-0.2, -0.15) is 0 Å². The van der Waals surface area contributed by atoms with Crippen LogP contribution in [0.1, 0.15) is 16.3 Å². The Bertz CT molecular complexity index is 402. The first-order chi connectivity index (χ1) is 8.04. The fraction of sp³-hybridized carbons (Fsp3) is 0.500. The van der Waals surface area contributed by atoms with Crippen molar-refractivity contribution in [1.82, 2.24) is 14.9 Å². The quantitative estimate of drug-likeness (QED) is 0.724. The Kier molecular flexibility index (Phi) is 4.65. The molecule has 0 atom stereocenters. The van der Waals surface area contributed by atoms with Crippen molar-refractivity contribution in [2.24, 2.45) is 0 Å². The van der Waals surface area contributed by atoms with Gasteiger partial charge < -0.3 is 19.7 Å². The highest BCUT2D eigenvalue weighted by Gasteiger charge is 2.20. The number of hydrogen-bond acceptors (Lipinski definition) is 4. The van der Waals surface area contributed by atoms with Crippen molar-refractivity contribution in [3.8, 4) is 0 Å². The number of aromatic nitrogens is 2. The summed E-state index contributed by atoms with van der Waals surface area (Å²) in [5.41, 5.74) is 0.746. The first-order valence-corrected chi connectivity index (χ1v) is 5.06. The number of H-pyrrole nitrogens is 1. The van der Waals surface area contributed by atoms with Crippen molar-refractivity contribution in [2.45, 2.75) is 6.92 Å². The van der Waals surface area contributed by atoms with Gasteiger partial charge in [0.2, 0.25) is 0 Å². The highest BCUT2D eigenvalue weighted by molar-refractivity contribution is 5.92. The molecule has 0 radical (unpaired) electrons. The van der Waals surface area contributed by atoms with E-state index in [-0.39, 0.29) is 25.5 Å². The van der Waals surface area contributed by atoms with E-state index in [1.807, 2.05) is 0 Å². The van der Waals surface area contributed by atoms with Crippen LogP contribution in [-0.4, -0.2) is 58.7 Å². The Morgan fingerprint density at radius 3 is 2.76 bits per heavy atom. The van der Waals surface area contributed by atoms with Crippen LogP contribution in [0.25, 0.3) is 0 Å². The number of nitrogens with zero attached hydrogens (tertiary/aromatic N) is 2. The maximum absolute atomic E-state index is 11.9. The van der Waals surface area contributed by atoms with Gasteiger partial charge in [0.15, 0.2) is 5.82 Å². The number of carboxylic acids is 1. The fourth-order valence-electron chi connectivity index (χ4n) is 1.29. The molecule has 1 amide bonds. The minimum absolute atomic E-state index is 0.139. The lowest BCUT2D eigenvalue weighted by molar-refractivity contribution is -0.137. The number of amides is 1. The zero-order valence-corrected chi connectivity index (χ0v) is 9.77. The van der Waals surface area contributed by atoms with Crippen LogP contribution >= 0.6 is 0 Å². The Balaban J connectivity index is 2.74. The molecular weight excluding hydrogens is 226 g/mol. The van der Waals surface area contributed by atoms with E-state index >= 15 is 0 Å². The second-order valence-electron chi connectivity index (χ2n) is 3.53. The summed E-state index contributed by atoms with van der Waals surface area (Å²) < 4.78 is 4.83. The highest BCUT2D eigenvalue weighted by Crippen LogP contribution is 2.01. The second kappa shape index (κ2) is 6.00. The Morgan fingerprint density at radius 1 is 1.59 bits per heavy atom. The molecule has 0 unspecified atom stereocenters. The molecule has 0 fully saturated rings. The van der Waals surface area contributed by atoms with Crippen LogP contribution in [0, 0.1) is 6.92 Å². The van der Waals surface area contributed by atoms with Crippen molar-refractivity contribution >= 4 is 11.9 Å². The largest absolute Gasteiger partial charge is 0.480 e. The van der Waals surface area contributed by atoms with Crippen LogP contribution in [-0.2, 0) is 9.53 Å². The number of carboxylic acid groups (broad SMARTS) is 1. The molecule has 0 saturated carbocycles. The molecule has 94 valence electrons. The van der Waals surface area contributed by atoms with E-state index in [1.54, 1.807) is 6.92 Å². The van der Waals surface area contributed by atoms with Crippen LogP contribution in [0.4, 0.5) is 0 Å². The molecular formula is C10H15N3O4. The van der Waals surface area contributed by atoms with Crippen molar-refractivity contribution in [3.05, 3.63) is 17.7 Å². The molecule has 7 nitrogen and oxygen atoms in total. The van der Waals surface area contributed by atoms with Gasteiger partial charge in [-0.3, -0.25) is 9.59 Å². The number of imidazole rings is 1. The highest BCUT2D eigenvalue weighted by atomic mass is 16.5. The third kappa shape index (κ3) is 3.87. The summed E-state index contributed by atoms with van der Waals surface area (Å²) in [5, 5.41) is 8.72. The number of carbonyl (C=O) groups is 2. The zero-order chi connectivity index (χ0) is 12.8. The van der Waals surface area contributed by atoms with Crippen molar-refractivity contribution < 1.29 is 19.4 Å². The molecule has 17 heavy (non-hydrogen) atoms. The number of rotatable bonds is 6. The van der Waals surface area contributed by atoms with Crippen molar-refractivity contribution in [3.63, 3.8) is 0 Å².